The number of carbonyl (C=O) groups excluding carboxylic acids is 3. The number of esters is 1. The molecule has 2 N–H and O–H groups in total. The summed E-state index contributed by atoms with van der Waals surface area (Å²) in [5.41, 5.74) is 0.948. The van der Waals surface area contributed by atoms with Gasteiger partial charge in [-0.15, -0.1) is 0 Å². The minimum atomic E-state index is -0.805. The molecule has 130 valence electrons. The van der Waals surface area contributed by atoms with Gasteiger partial charge in [0.15, 0.2) is 0 Å². The van der Waals surface area contributed by atoms with Crippen LogP contribution in [0.5, 0.6) is 0 Å². The minimum absolute atomic E-state index is 0.149. The molecule has 0 bridgehead atoms. The molecule has 6 nitrogen and oxygen atoms in total. The molecule has 3 rings (SSSR count). The summed E-state index contributed by atoms with van der Waals surface area (Å²) in [7, 11) is 1.29. The van der Waals surface area contributed by atoms with Gasteiger partial charge in [-0.3, -0.25) is 9.59 Å². The Morgan fingerprint density at radius 2 is 2.00 bits per heavy atom. The van der Waals surface area contributed by atoms with Gasteiger partial charge in [0.25, 0.3) is 0 Å². The summed E-state index contributed by atoms with van der Waals surface area (Å²) >= 11 is 0. The van der Waals surface area contributed by atoms with E-state index < -0.39 is 18.1 Å². The molecule has 0 radical (unpaired) electrons. The van der Waals surface area contributed by atoms with Gasteiger partial charge in [0.05, 0.1) is 7.11 Å². The van der Waals surface area contributed by atoms with Gasteiger partial charge in [0, 0.05) is 12.8 Å². The zero-order chi connectivity index (χ0) is 17.8. The lowest BCUT2D eigenvalue weighted by molar-refractivity contribution is -0.145. The Hall–Kier alpha value is -2.89. The van der Waals surface area contributed by atoms with Crippen molar-refractivity contribution in [2.45, 2.75) is 31.3 Å². The van der Waals surface area contributed by atoms with E-state index in [1.807, 2.05) is 42.5 Å². The first-order chi connectivity index (χ1) is 12.1. The molecule has 25 heavy (non-hydrogen) atoms. The van der Waals surface area contributed by atoms with Crippen LogP contribution >= 0.6 is 0 Å². The third-order valence-corrected chi connectivity index (χ3v) is 4.42. The summed E-state index contributed by atoms with van der Waals surface area (Å²) in [6.45, 7) is 0. The van der Waals surface area contributed by atoms with Gasteiger partial charge in [-0.05, 0) is 22.8 Å². The molecule has 1 fully saturated rings. The molecular formula is C19H20N2O4. The van der Waals surface area contributed by atoms with E-state index in [2.05, 4.69) is 10.6 Å². The van der Waals surface area contributed by atoms with E-state index in [1.165, 1.54) is 7.11 Å². The Labute approximate surface area is 145 Å². The third-order valence-electron chi connectivity index (χ3n) is 4.42. The number of amides is 2. The van der Waals surface area contributed by atoms with Gasteiger partial charge >= 0.3 is 5.97 Å². The number of fused-ring (bicyclic) bond motifs is 1. The normalized spacial score (nSPS) is 17.8. The van der Waals surface area contributed by atoms with E-state index in [4.69, 9.17) is 4.74 Å². The summed E-state index contributed by atoms with van der Waals surface area (Å²) in [5, 5.41) is 7.42. The number of hydrogen-bond acceptors (Lipinski definition) is 4. The number of rotatable bonds is 5. The Morgan fingerprint density at radius 1 is 1.24 bits per heavy atom. The van der Waals surface area contributed by atoms with E-state index in [1.54, 1.807) is 0 Å². The van der Waals surface area contributed by atoms with Crippen LogP contribution < -0.4 is 10.6 Å². The van der Waals surface area contributed by atoms with Gasteiger partial charge in [-0.1, -0.05) is 42.5 Å². The fourth-order valence-electron chi connectivity index (χ4n) is 3.11. The van der Waals surface area contributed by atoms with E-state index in [0.29, 0.717) is 19.3 Å². The highest BCUT2D eigenvalue weighted by atomic mass is 16.5. The van der Waals surface area contributed by atoms with Crippen LogP contribution in [0.15, 0.2) is 42.5 Å². The van der Waals surface area contributed by atoms with E-state index in [-0.39, 0.29) is 11.8 Å². The first-order valence-electron chi connectivity index (χ1n) is 8.22. The van der Waals surface area contributed by atoms with Crippen LogP contribution in [-0.4, -0.2) is 37.0 Å². The Morgan fingerprint density at radius 3 is 2.72 bits per heavy atom. The fraction of sp³-hybridized carbons (Fsp3) is 0.316. The maximum atomic E-state index is 12.3. The molecule has 0 spiro atoms. The molecule has 1 aliphatic heterocycles. The molecule has 0 aliphatic carbocycles. The summed E-state index contributed by atoms with van der Waals surface area (Å²) < 4.78 is 4.84. The molecule has 2 amide bonds. The molecule has 0 aromatic heterocycles. The molecule has 2 atom stereocenters. The number of ether oxygens (including phenoxy) is 1. The SMILES string of the molecule is COC(=O)[C@H](Cc1cccc2ccccc12)NC(=O)[C@H]1CCC(=O)N1. The number of carbonyl (C=O) groups is 3. The summed E-state index contributed by atoms with van der Waals surface area (Å²) in [4.78, 5) is 35.8. The minimum Gasteiger partial charge on any atom is -0.467 e. The van der Waals surface area contributed by atoms with Crippen molar-refractivity contribution < 1.29 is 19.1 Å². The molecule has 0 unspecified atom stereocenters. The lowest BCUT2D eigenvalue weighted by Gasteiger charge is -2.19. The van der Waals surface area contributed by atoms with Crippen LogP contribution in [0.2, 0.25) is 0 Å². The Kier molecular flexibility index (Phi) is 4.97. The second kappa shape index (κ2) is 7.34. The predicted molar refractivity (Wildman–Crippen MR) is 92.8 cm³/mol. The van der Waals surface area contributed by atoms with Crippen LogP contribution in [0.25, 0.3) is 10.8 Å². The monoisotopic (exact) mass is 340 g/mol. The van der Waals surface area contributed by atoms with Crippen molar-refractivity contribution in [3.05, 3.63) is 48.0 Å². The molecule has 0 saturated carbocycles. The van der Waals surface area contributed by atoms with Crippen LogP contribution in [0, 0.1) is 0 Å². The average molecular weight is 340 g/mol. The average Bonchev–Trinajstić information content (AvgIpc) is 3.07. The second-order valence-corrected chi connectivity index (χ2v) is 6.09. The van der Waals surface area contributed by atoms with Gasteiger partial charge < -0.3 is 15.4 Å². The number of hydrogen-bond donors (Lipinski definition) is 2. The van der Waals surface area contributed by atoms with Crippen molar-refractivity contribution in [3.63, 3.8) is 0 Å². The van der Waals surface area contributed by atoms with Crippen molar-refractivity contribution in [1.29, 1.82) is 0 Å². The standard InChI is InChI=1S/C19H20N2O4/c1-25-19(24)16(21-18(23)15-9-10-17(22)20-15)11-13-7-4-6-12-5-2-3-8-14(12)13/h2-8,15-16H,9-11H2,1H3,(H,20,22)(H,21,23)/t15-,16+/m1/s1. The second-order valence-electron chi connectivity index (χ2n) is 6.09. The summed E-state index contributed by atoms with van der Waals surface area (Å²) in [6.07, 6.45) is 1.08. The quantitative estimate of drug-likeness (QED) is 0.804. The van der Waals surface area contributed by atoms with Crippen LogP contribution in [0.3, 0.4) is 0 Å². The van der Waals surface area contributed by atoms with Gasteiger partial charge in [-0.25, -0.2) is 4.79 Å². The smallest absolute Gasteiger partial charge is 0.328 e. The Balaban J connectivity index is 1.80. The van der Waals surface area contributed by atoms with E-state index in [0.717, 1.165) is 16.3 Å². The topological polar surface area (TPSA) is 84.5 Å². The summed E-state index contributed by atoms with van der Waals surface area (Å²) in [6, 6.07) is 12.3. The van der Waals surface area contributed by atoms with E-state index in [9.17, 15) is 14.4 Å². The van der Waals surface area contributed by atoms with Gasteiger partial charge in [0.1, 0.15) is 12.1 Å². The van der Waals surface area contributed by atoms with E-state index >= 15 is 0 Å². The Bertz CT molecular complexity index is 813. The molecular weight excluding hydrogens is 320 g/mol. The largest absolute Gasteiger partial charge is 0.467 e. The number of benzene rings is 2. The summed E-state index contributed by atoms with van der Waals surface area (Å²) in [5.74, 6) is -1.02. The van der Waals surface area contributed by atoms with Crippen LogP contribution in [-0.2, 0) is 25.5 Å². The fourth-order valence-corrected chi connectivity index (χ4v) is 3.11. The highest BCUT2D eigenvalue weighted by molar-refractivity contribution is 5.93. The maximum Gasteiger partial charge on any atom is 0.328 e. The first-order valence-corrected chi connectivity index (χ1v) is 8.22. The lowest BCUT2D eigenvalue weighted by atomic mass is 9.98. The molecule has 1 heterocycles. The molecule has 6 heteroatoms. The highest BCUT2D eigenvalue weighted by Gasteiger charge is 2.31. The van der Waals surface area contributed by atoms with Crippen molar-refractivity contribution in [2.24, 2.45) is 0 Å². The van der Waals surface area contributed by atoms with Crippen molar-refractivity contribution in [1.82, 2.24) is 10.6 Å². The van der Waals surface area contributed by atoms with Crippen molar-refractivity contribution >= 4 is 28.6 Å². The first kappa shape index (κ1) is 17.0. The van der Waals surface area contributed by atoms with Crippen molar-refractivity contribution in [2.75, 3.05) is 7.11 Å². The predicted octanol–water partition coefficient (Wildman–Crippen LogP) is 1.32. The van der Waals surface area contributed by atoms with Crippen LogP contribution in [0.1, 0.15) is 18.4 Å². The zero-order valence-corrected chi connectivity index (χ0v) is 14.0. The highest BCUT2D eigenvalue weighted by Crippen LogP contribution is 2.20. The van der Waals surface area contributed by atoms with Crippen molar-refractivity contribution in [3.8, 4) is 0 Å². The van der Waals surface area contributed by atoms with Crippen LogP contribution in [0.4, 0.5) is 0 Å². The molecule has 2 aromatic carbocycles. The number of nitrogens with one attached hydrogen (secondary N) is 2. The number of methoxy groups -OCH3 is 1. The zero-order valence-electron chi connectivity index (χ0n) is 14.0. The molecule has 2 aromatic rings. The van der Waals surface area contributed by atoms with Gasteiger partial charge in [0.2, 0.25) is 11.8 Å². The third kappa shape index (κ3) is 3.79. The molecule has 1 saturated heterocycles. The molecule has 1 aliphatic rings. The van der Waals surface area contributed by atoms with Gasteiger partial charge in [-0.2, -0.15) is 0 Å². The lowest BCUT2D eigenvalue weighted by Crippen LogP contribution is -2.50. The maximum absolute atomic E-state index is 12.3.